The van der Waals surface area contributed by atoms with E-state index in [9.17, 15) is 0 Å². The highest BCUT2D eigenvalue weighted by molar-refractivity contribution is 4.64. The Hall–Kier alpha value is -0.120. The van der Waals surface area contributed by atoms with Crippen molar-refractivity contribution in [2.45, 2.75) is 39.7 Å². The van der Waals surface area contributed by atoms with Crippen LogP contribution in [-0.2, 0) is 4.74 Å². The molecule has 92 valence electrons. The molecule has 2 unspecified atom stereocenters. The summed E-state index contributed by atoms with van der Waals surface area (Å²) in [5, 5.41) is 6.92. The van der Waals surface area contributed by atoms with Gasteiger partial charge in [0.25, 0.3) is 0 Å². The molecule has 0 saturated heterocycles. The number of hydrogen-bond acceptors (Lipinski definition) is 3. The molecular weight excluding hydrogens is 188 g/mol. The lowest BCUT2D eigenvalue weighted by Gasteiger charge is -2.16. The summed E-state index contributed by atoms with van der Waals surface area (Å²) in [5.41, 5.74) is 0. The third kappa shape index (κ3) is 10.2. The zero-order valence-corrected chi connectivity index (χ0v) is 10.8. The van der Waals surface area contributed by atoms with Crippen molar-refractivity contribution in [3.05, 3.63) is 0 Å². The van der Waals surface area contributed by atoms with Crippen LogP contribution in [0.15, 0.2) is 0 Å². The minimum absolute atomic E-state index is 0.561. The molecule has 15 heavy (non-hydrogen) atoms. The maximum absolute atomic E-state index is 5.10. The molecule has 0 aliphatic heterocycles. The van der Waals surface area contributed by atoms with E-state index in [1.54, 1.807) is 7.11 Å². The largest absolute Gasteiger partial charge is 0.384 e. The van der Waals surface area contributed by atoms with Crippen molar-refractivity contribution in [3.8, 4) is 0 Å². The molecule has 0 heterocycles. The van der Waals surface area contributed by atoms with E-state index in [-0.39, 0.29) is 0 Å². The Morgan fingerprint density at radius 2 is 1.93 bits per heavy atom. The first-order valence-corrected chi connectivity index (χ1v) is 6.13. The van der Waals surface area contributed by atoms with E-state index in [1.807, 2.05) is 0 Å². The Labute approximate surface area is 95.0 Å². The van der Waals surface area contributed by atoms with Gasteiger partial charge in [-0.3, -0.25) is 0 Å². The first-order chi connectivity index (χ1) is 7.20. The molecule has 2 atom stereocenters. The van der Waals surface area contributed by atoms with Crippen molar-refractivity contribution >= 4 is 0 Å². The van der Waals surface area contributed by atoms with Crippen LogP contribution in [0.1, 0.15) is 33.6 Å². The zero-order valence-electron chi connectivity index (χ0n) is 10.8. The van der Waals surface area contributed by atoms with Crippen molar-refractivity contribution < 1.29 is 4.74 Å². The first-order valence-electron chi connectivity index (χ1n) is 6.13. The molecule has 3 nitrogen and oxygen atoms in total. The van der Waals surface area contributed by atoms with E-state index in [0.29, 0.717) is 12.0 Å². The van der Waals surface area contributed by atoms with Crippen LogP contribution in [0, 0.1) is 5.92 Å². The average Bonchev–Trinajstić information content (AvgIpc) is 2.18. The third-order valence-electron chi connectivity index (χ3n) is 2.46. The van der Waals surface area contributed by atoms with Gasteiger partial charge >= 0.3 is 0 Å². The van der Waals surface area contributed by atoms with Crippen LogP contribution in [0.4, 0.5) is 0 Å². The van der Waals surface area contributed by atoms with E-state index in [1.165, 1.54) is 12.8 Å². The SMILES string of the molecule is CCCNCC(C)NCCC(C)COC. The van der Waals surface area contributed by atoms with Gasteiger partial charge in [0.2, 0.25) is 0 Å². The molecule has 0 aromatic heterocycles. The fourth-order valence-electron chi connectivity index (χ4n) is 1.51. The highest BCUT2D eigenvalue weighted by atomic mass is 16.5. The van der Waals surface area contributed by atoms with Gasteiger partial charge in [-0.15, -0.1) is 0 Å². The Bertz CT molecular complexity index is 131. The van der Waals surface area contributed by atoms with Gasteiger partial charge in [-0.25, -0.2) is 0 Å². The van der Waals surface area contributed by atoms with Crippen molar-refractivity contribution in [1.82, 2.24) is 10.6 Å². The van der Waals surface area contributed by atoms with Crippen molar-refractivity contribution in [2.75, 3.05) is 33.4 Å². The minimum atomic E-state index is 0.561. The lowest BCUT2D eigenvalue weighted by Crippen LogP contribution is -2.37. The predicted molar refractivity (Wildman–Crippen MR) is 66.3 cm³/mol. The minimum Gasteiger partial charge on any atom is -0.384 e. The van der Waals surface area contributed by atoms with Crippen LogP contribution in [0.5, 0.6) is 0 Å². The van der Waals surface area contributed by atoms with Gasteiger partial charge in [-0.05, 0) is 38.8 Å². The summed E-state index contributed by atoms with van der Waals surface area (Å²) in [7, 11) is 1.77. The highest BCUT2D eigenvalue weighted by Gasteiger charge is 2.03. The Balaban J connectivity index is 3.26. The summed E-state index contributed by atoms with van der Waals surface area (Å²) < 4.78 is 5.10. The Kier molecular flexibility index (Phi) is 10.3. The van der Waals surface area contributed by atoms with E-state index >= 15 is 0 Å². The van der Waals surface area contributed by atoms with Gasteiger partial charge in [0.1, 0.15) is 0 Å². The molecule has 3 heteroatoms. The molecule has 0 aliphatic carbocycles. The summed E-state index contributed by atoms with van der Waals surface area (Å²) in [6.45, 7) is 10.8. The molecule has 0 aromatic rings. The molecule has 0 fully saturated rings. The number of rotatable bonds is 10. The van der Waals surface area contributed by atoms with E-state index in [4.69, 9.17) is 4.74 Å². The van der Waals surface area contributed by atoms with Gasteiger partial charge in [0.05, 0.1) is 0 Å². The molecule has 0 saturated carbocycles. The second-order valence-electron chi connectivity index (χ2n) is 4.41. The average molecular weight is 216 g/mol. The van der Waals surface area contributed by atoms with Gasteiger partial charge in [0.15, 0.2) is 0 Å². The van der Waals surface area contributed by atoms with Crippen LogP contribution in [0.25, 0.3) is 0 Å². The highest BCUT2D eigenvalue weighted by Crippen LogP contribution is 2.00. The van der Waals surface area contributed by atoms with Crippen LogP contribution >= 0.6 is 0 Å². The molecule has 2 N–H and O–H groups in total. The zero-order chi connectivity index (χ0) is 11.5. The first kappa shape index (κ1) is 14.9. The third-order valence-corrected chi connectivity index (χ3v) is 2.46. The molecule has 0 bridgehead atoms. The molecular formula is C12H28N2O. The van der Waals surface area contributed by atoms with Crippen LogP contribution < -0.4 is 10.6 Å². The Morgan fingerprint density at radius 1 is 1.20 bits per heavy atom. The normalized spacial score (nSPS) is 15.2. The maximum Gasteiger partial charge on any atom is 0.0488 e. The van der Waals surface area contributed by atoms with Crippen molar-refractivity contribution in [2.24, 2.45) is 5.92 Å². The molecule has 0 spiro atoms. The van der Waals surface area contributed by atoms with Gasteiger partial charge in [-0.1, -0.05) is 13.8 Å². The van der Waals surface area contributed by atoms with Gasteiger partial charge in [0, 0.05) is 26.3 Å². The van der Waals surface area contributed by atoms with E-state index in [0.717, 1.165) is 26.2 Å². The summed E-state index contributed by atoms with van der Waals surface area (Å²) in [5.74, 6) is 0.651. The summed E-state index contributed by atoms with van der Waals surface area (Å²) in [6.07, 6.45) is 2.39. The topological polar surface area (TPSA) is 33.3 Å². The fourth-order valence-corrected chi connectivity index (χ4v) is 1.51. The lowest BCUT2D eigenvalue weighted by molar-refractivity contribution is 0.155. The van der Waals surface area contributed by atoms with Crippen LogP contribution in [0.3, 0.4) is 0 Å². The summed E-state index contributed by atoms with van der Waals surface area (Å²) in [6, 6.07) is 0.561. The monoisotopic (exact) mass is 216 g/mol. The standard InChI is InChI=1S/C12H28N2O/c1-5-7-13-9-12(3)14-8-6-11(2)10-15-4/h11-14H,5-10H2,1-4H3. The maximum atomic E-state index is 5.10. The van der Waals surface area contributed by atoms with Crippen LogP contribution in [-0.4, -0.2) is 39.4 Å². The number of ether oxygens (including phenoxy) is 1. The number of hydrogen-bond donors (Lipinski definition) is 2. The molecule has 0 aliphatic rings. The van der Waals surface area contributed by atoms with Gasteiger partial charge in [-0.2, -0.15) is 0 Å². The predicted octanol–water partition coefficient (Wildman–Crippen LogP) is 1.64. The lowest BCUT2D eigenvalue weighted by atomic mass is 10.1. The van der Waals surface area contributed by atoms with E-state index in [2.05, 4.69) is 31.4 Å². The van der Waals surface area contributed by atoms with Crippen LogP contribution in [0.2, 0.25) is 0 Å². The fraction of sp³-hybridized carbons (Fsp3) is 1.00. The van der Waals surface area contributed by atoms with Gasteiger partial charge < -0.3 is 15.4 Å². The van der Waals surface area contributed by atoms with Crippen molar-refractivity contribution in [1.29, 1.82) is 0 Å². The smallest absolute Gasteiger partial charge is 0.0488 e. The molecule has 0 rings (SSSR count). The number of methoxy groups -OCH3 is 1. The van der Waals surface area contributed by atoms with E-state index < -0.39 is 0 Å². The van der Waals surface area contributed by atoms with Crippen molar-refractivity contribution in [3.63, 3.8) is 0 Å². The Morgan fingerprint density at radius 3 is 2.53 bits per heavy atom. The second-order valence-corrected chi connectivity index (χ2v) is 4.41. The molecule has 0 aromatic carbocycles. The molecule has 0 radical (unpaired) electrons. The quantitative estimate of drug-likeness (QED) is 0.545. The summed E-state index contributed by atoms with van der Waals surface area (Å²) in [4.78, 5) is 0. The number of nitrogens with one attached hydrogen (secondary N) is 2. The summed E-state index contributed by atoms with van der Waals surface area (Å²) >= 11 is 0. The molecule has 0 amide bonds. The second kappa shape index (κ2) is 10.4.